The van der Waals surface area contributed by atoms with Crippen LogP contribution in [0.3, 0.4) is 0 Å². The van der Waals surface area contributed by atoms with Gasteiger partial charge in [-0.3, -0.25) is 33.9 Å². The minimum absolute atomic E-state index is 0.126. The monoisotopic (exact) mass is 717 g/mol. The molecule has 5 aliphatic rings. The van der Waals surface area contributed by atoms with Crippen molar-refractivity contribution in [2.45, 2.75) is 53.9 Å². The van der Waals surface area contributed by atoms with Crippen LogP contribution >= 0.6 is 39.1 Å². The number of allylic oxidation sites excluding steroid dienone is 2. The Hall–Kier alpha value is -2.79. The maximum Gasteiger partial charge on any atom is 0.254 e. The molecule has 4 fully saturated rings. The van der Waals surface area contributed by atoms with Crippen LogP contribution in [0.4, 0.5) is 4.39 Å². The zero-order valence-corrected chi connectivity index (χ0v) is 27.3. The van der Waals surface area contributed by atoms with E-state index in [9.17, 15) is 28.7 Å². The van der Waals surface area contributed by atoms with E-state index in [4.69, 9.17) is 23.2 Å². The van der Waals surface area contributed by atoms with Crippen molar-refractivity contribution in [2.24, 2.45) is 17.8 Å². The molecule has 6 unspecified atom stereocenters. The van der Waals surface area contributed by atoms with Gasteiger partial charge < -0.3 is 5.11 Å². The van der Waals surface area contributed by atoms with Gasteiger partial charge in [-0.05, 0) is 54.9 Å². The molecule has 6 atom stereocenters. The second-order valence-electron chi connectivity index (χ2n) is 12.7. The van der Waals surface area contributed by atoms with Crippen LogP contribution in [0, 0.1) is 23.6 Å². The van der Waals surface area contributed by atoms with Gasteiger partial charge in [0.05, 0.1) is 17.3 Å². The summed E-state index contributed by atoms with van der Waals surface area (Å²) in [5.74, 6) is -6.63. The second kappa shape index (κ2) is 11.2. The Morgan fingerprint density at radius 3 is 2.33 bits per heavy atom. The van der Waals surface area contributed by atoms with Crippen molar-refractivity contribution in [3.05, 3.63) is 77.1 Å². The average molecular weight is 719 g/mol. The first kappa shape index (κ1) is 30.8. The number of imide groups is 2. The molecule has 1 saturated carbocycles. The largest absolute Gasteiger partial charge is 0.505 e. The van der Waals surface area contributed by atoms with Crippen LogP contribution in [0.25, 0.3) is 0 Å². The van der Waals surface area contributed by atoms with Gasteiger partial charge in [-0.2, -0.15) is 0 Å². The number of rotatable bonds is 5. The van der Waals surface area contributed by atoms with Gasteiger partial charge in [-0.15, -0.1) is 23.2 Å². The van der Waals surface area contributed by atoms with Crippen molar-refractivity contribution < 1.29 is 28.7 Å². The summed E-state index contributed by atoms with van der Waals surface area (Å²) in [5, 5.41) is 9.91. The number of aromatic hydroxyl groups is 1. The predicted octanol–water partition coefficient (Wildman–Crippen LogP) is 4.91. The first-order valence-electron chi connectivity index (χ1n) is 15.1. The third-order valence-corrected chi connectivity index (χ3v) is 12.4. The Bertz CT molecular complexity index is 1640. The van der Waals surface area contributed by atoms with Crippen molar-refractivity contribution >= 4 is 62.8 Å². The van der Waals surface area contributed by atoms with Crippen molar-refractivity contribution in [1.29, 1.82) is 0 Å². The van der Waals surface area contributed by atoms with Gasteiger partial charge in [0.2, 0.25) is 11.8 Å². The number of carbonyl (C=O) groups excluding carboxylic acids is 4. The molecule has 2 aromatic carbocycles. The Labute approximate surface area is 278 Å². The molecule has 0 spiro atoms. The summed E-state index contributed by atoms with van der Waals surface area (Å²) in [6, 6.07) is 13.6. The lowest BCUT2D eigenvalue weighted by Gasteiger charge is -2.50. The summed E-state index contributed by atoms with van der Waals surface area (Å²) >= 11 is 17.6. The number of hydrogen-bond acceptors (Lipinski definition) is 6. The Morgan fingerprint density at radius 2 is 1.67 bits per heavy atom. The standard InChI is InChI=1S/C33H31BrCl2FN3O5/c34-17-39-30(44)32(35)15-23-21(27(33(32,36)31(39)45)19-6-9-25(41)24(37)14-19)7-8-22-26(23)29(43)40(28(22)42)20-10-12-38(13-11-20)16-18-4-2-1-3-5-18/h1-7,9,14,20,22-23,26-27,41H,8,10-13,15-17H2. The molecule has 4 amide bonds. The molecule has 0 radical (unpaired) electrons. The van der Waals surface area contributed by atoms with Gasteiger partial charge in [0.25, 0.3) is 11.8 Å². The molecule has 0 aromatic heterocycles. The molecule has 236 valence electrons. The third-order valence-electron chi connectivity index (χ3n) is 10.5. The molecular formula is C33H31BrCl2FN3O5. The van der Waals surface area contributed by atoms with Crippen molar-refractivity contribution in [1.82, 2.24) is 14.7 Å². The van der Waals surface area contributed by atoms with Gasteiger partial charge in [0.1, 0.15) is 0 Å². The van der Waals surface area contributed by atoms with Crippen LogP contribution in [-0.4, -0.2) is 77.8 Å². The zero-order chi connectivity index (χ0) is 31.8. The van der Waals surface area contributed by atoms with E-state index in [-0.39, 0.29) is 41.7 Å². The van der Waals surface area contributed by atoms with E-state index in [0.29, 0.717) is 18.4 Å². The number of likely N-dealkylation sites (tertiary alicyclic amines) is 3. The molecule has 3 saturated heterocycles. The number of carbonyl (C=O) groups is 4. The van der Waals surface area contributed by atoms with Gasteiger partial charge in [-0.25, -0.2) is 4.39 Å². The van der Waals surface area contributed by atoms with Crippen LogP contribution in [-0.2, 0) is 25.7 Å². The van der Waals surface area contributed by atoms with Crippen molar-refractivity contribution in [3.8, 4) is 5.75 Å². The molecule has 1 N–H and O–H groups in total. The molecule has 3 aliphatic heterocycles. The highest BCUT2D eigenvalue weighted by Gasteiger charge is 2.76. The SMILES string of the molecule is O=C1C2CC=C3C(CC4(Cl)C(=O)N(CBr)C(=O)C4(Cl)C3c3ccc(O)c(F)c3)C2C(=O)N1C1CCN(Cc2ccccc2)CC1. The number of piperidine rings is 1. The molecule has 2 aromatic rings. The van der Waals surface area contributed by atoms with Crippen LogP contribution < -0.4 is 0 Å². The smallest absolute Gasteiger partial charge is 0.254 e. The summed E-state index contributed by atoms with van der Waals surface area (Å²) in [5.41, 5.74) is 1.90. The molecular weight excluding hydrogens is 688 g/mol. The molecule has 7 rings (SSSR count). The fraction of sp³-hybridized carbons (Fsp3) is 0.455. The van der Waals surface area contributed by atoms with Crippen LogP contribution in [0.1, 0.15) is 42.7 Å². The van der Waals surface area contributed by atoms with E-state index < -0.39 is 56.8 Å². The number of phenolic OH excluding ortho intramolecular Hbond substituents is 1. The van der Waals surface area contributed by atoms with Crippen molar-refractivity contribution in [2.75, 3.05) is 18.5 Å². The first-order valence-corrected chi connectivity index (χ1v) is 17.0. The van der Waals surface area contributed by atoms with Gasteiger partial charge in [-0.1, -0.05) is 64.0 Å². The third kappa shape index (κ3) is 4.46. The van der Waals surface area contributed by atoms with E-state index in [0.717, 1.165) is 36.7 Å². The number of amides is 4. The Morgan fingerprint density at radius 1 is 0.956 bits per heavy atom. The lowest BCUT2D eigenvalue weighted by atomic mass is 9.56. The van der Waals surface area contributed by atoms with E-state index in [2.05, 4.69) is 33.0 Å². The van der Waals surface area contributed by atoms with Gasteiger partial charge in [0.15, 0.2) is 21.3 Å². The first-order chi connectivity index (χ1) is 21.5. The van der Waals surface area contributed by atoms with Gasteiger partial charge >= 0.3 is 0 Å². The average Bonchev–Trinajstić information content (AvgIpc) is 3.37. The molecule has 8 nitrogen and oxygen atoms in total. The number of phenols is 1. The molecule has 12 heteroatoms. The van der Waals surface area contributed by atoms with Crippen LogP contribution in [0.2, 0.25) is 0 Å². The predicted molar refractivity (Wildman–Crippen MR) is 168 cm³/mol. The number of hydrogen-bond donors (Lipinski definition) is 1. The number of nitrogens with zero attached hydrogens (tertiary/aromatic N) is 3. The van der Waals surface area contributed by atoms with E-state index in [1.54, 1.807) is 0 Å². The molecule has 3 heterocycles. The quantitative estimate of drug-likeness (QED) is 0.204. The van der Waals surface area contributed by atoms with E-state index >= 15 is 0 Å². The summed E-state index contributed by atoms with van der Waals surface area (Å²) in [6.45, 7) is 2.28. The number of fused-ring (bicyclic) bond motifs is 4. The summed E-state index contributed by atoms with van der Waals surface area (Å²) < 4.78 is 14.7. The fourth-order valence-electron chi connectivity index (χ4n) is 8.39. The lowest BCUT2D eigenvalue weighted by Crippen LogP contribution is -2.60. The highest BCUT2D eigenvalue weighted by atomic mass is 79.9. The van der Waals surface area contributed by atoms with E-state index in [1.165, 1.54) is 16.5 Å². The number of halogens is 4. The highest BCUT2D eigenvalue weighted by Crippen LogP contribution is 2.65. The topological polar surface area (TPSA) is 98.2 Å². The summed E-state index contributed by atoms with van der Waals surface area (Å²) in [6.07, 6.45) is 3.25. The fourth-order valence-corrected chi connectivity index (χ4v) is 9.82. The highest BCUT2D eigenvalue weighted by molar-refractivity contribution is 9.09. The van der Waals surface area contributed by atoms with Gasteiger partial charge in [0, 0.05) is 31.6 Å². The minimum Gasteiger partial charge on any atom is -0.505 e. The minimum atomic E-state index is -2.02. The van der Waals surface area contributed by atoms with Crippen LogP contribution in [0.5, 0.6) is 5.75 Å². The number of alkyl halides is 3. The maximum absolute atomic E-state index is 14.7. The van der Waals surface area contributed by atoms with E-state index in [1.807, 2.05) is 24.3 Å². The molecule has 0 bridgehead atoms. The molecule has 2 aliphatic carbocycles. The summed E-state index contributed by atoms with van der Waals surface area (Å²) in [7, 11) is 0. The normalized spacial score (nSPS) is 33.7. The summed E-state index contributed by atoms with van der Waals surface area (Å²) in [4.78, 5) is 56.5. The number of benzene rings is 2. The second-order valence-corrected chi connectivity index (χ2v) is 14.5. The lowest BCUT2D eigenvalue weighted by molar-refractivity contribution is -0.144. The Balaban J connectivity index is 1.21. The maximum atomic E-state index is 14.7. The van der Waals surface area contributed by atoms with Crippen LogP contribution in [0.15, 0.2) is 60.2 Å². The van der Waals surface area contributed by atoms with Crippen molar-refractivity contribution in [3.63, 3.8) is 0 Å². The molecule has 45 heavy (non-hydrogen) atoms. The zero-order valence-electron chi connectivity index (χ0n) is 24.2. The Kier molecular flexibility index (Phi) is 7.66.